The molecule has 0 bridgehead atoms. The van der Waals surface area contributed by atoms with E-state index >= 15 is 0 Å². The maximum Gasteiger partial charge on any atom is 0.214 e. The van der Waals surface area contributed by atoms with Gasteiger partial charge in [-0.2, -0.15) is 4.31 Å². The molecular weight excluding hydrogens is 276 g/mol. The summed E-state index contributed by atoms with van der Waals surface area (Å²) >= 11 is 0. The van der Waals surface area contributed by atoms with E-state index < -0.39 is 10.0 Å². The van der Waals surface area contributed by atoms with E-state index in [1.165, 1.54) is 0 Å². The van der Waals surface area contributed by atoms with Gasteiger partial charge in [0.2, 0.25) is 10.0 Å². The van der Waals surface area contributed by atoms with Crippen molar-refractivity contribution in [3.63, 3.8) is 0 Å². The first-order valence-corrected chi connectivity index (χ1v) is 9.10. The molecule has 7 heteroatoms. The van der Waals surface area contributed by atoms with Crippen molar-refractivity contribution >= 4 is 15.9 Å². The minimum Gasteiger partial charge on any atom is -0.386 e. The quantitative estimate of drug-likeness (QED) is 0.528. The van der Waals surface area contributed by atoms with E-state index in [1.54, 1.807) is 4.31 Å². The topological polar surface area (TPSA) is 90.5 Å². The van der Waals surface area contributed by atoms with Crippen LogP contribution in [0.15, 0.2) is 0 Å². The van der Waals surface area contributed by atoms with Crippen molar-refractivity contribution in [3.8, 4) is 0 Å². The average molecular weight is 302 g/mol. The number of rotatable bonds is 7. The Morgan fingerprint density at radius 3 is 2.35 bits per heavy atom. The molecule has 1 aliphatic heterocycles. The molecule has 2 aliphatic rings. The Hall–Kier alpha value is -0.660. The number of piperazine rings is 1. The van der Waals surface area contributed by atoms with Crippen LogP contribution in [0.3, 0.4) is 0 Å². The Bertz CT molecular complexity index is 439. The molecule has 0 aromatic carbocycles. The van der Waals surface area contributed by atoms with E-state index in [2.05, 4.69) is 11.8 Å². The summed E-state index contributed by atoms with van der Waals surface area (Å²) in [5, 5.41) is 7.67. The second kappa shape index (κ2) is 6.41. The highest BCUT2D eigenvalue weighted by Gasteiger charge is 2.34. The largest absolute Gasteiger partial charge is 0.386 e. The van der Waals surface area contributed by atoms with E-state index in [0.29, 0.717) is 37.8 Å². The Morgan fingerprint density at radius 2 is 1.90 bits per heavy atom. The average Bonchev–Trinajstić information content (AvgIpc) is 3.19. The van der Waals surface area contributed by atoms with Gasteiger partial charge in [0.1, 0.15) is 5.84 Å². The standard InChI is InChI=1S/C13H26N4O2S/c1-2-3-12(13(14)15)16-6-8-17(9-7-16)20(18,19)10-11-4-5-11/h11-12H,2-10H2,1H3,(H3,14,15). The third-order valence-electron chi connectivity index (χ3n) is 4.17. The predicted octanol–water partition coefficient (Wildman–Crippen LogP) is 0.448. The van der Waals surface area contributed by atoms with E-state index in [9.17, 15) is 8.42 Å². The fraction of sp³-hybridized carbons (Fsp3) is 0.923. The zero-order chi connectivity index (χ0) is 14.8. The maximum atomic E-state index is 12.2. The lowest BCUT2D eigenvalue weighted by Gasteiger charge is -2.38. The Labute approximate surface area is 121 Å². The minimum absolute atomic E-state index is 0.0340. The van der Waals surface area contributed by atoms with Crippen molar-refractivity contribution in [2.45, 2.75) is 38.6 Å². The molecule has 0 spiro atoms. The summed E-state index contributed by atoms with van der Waals surface area (Å²) in [7, 11) is -3.08. The lowest BCUT2D eigenvalue weighted by atomic mass is 10.1. The van der Waals surface area contributed by atoms with E-state index in [4.69, 9.17) is 11.1 Å². The van der Waals surface area contributed by atoms with Crippen LogP contribution in [0.5, 0.6) is 0 Å². The number of hydrogen-bond acceptors (Lipinski definition) is 4. The van der Waals surface area contributed by atoms with E-state index in [0.717, 1.165) is 25.7 Å². The summed E-state index contributed by atoms with van der Waals surface area (Å²) in [5.74, 6) is 0.905. The predicted molar refractivity (Wildman–Crippen MR) is 80.3 cm³/mol. The van der Waals surface area contributed by atoms with Crippen LogP contribution in [-0.2, 0) is 10.0 Å². The van der Waals surface area contributed by atoms with Crippen LogP contribution < -0.4 is 5.73 Å². The third kappa shape index (κ3) is 3.93. The molecule has 6 nitrogen and oxygen atoms in total. The number of nitrogens with two attached hydrogens (primary N) is 1. The molecule has 1 aliphatic carbocycles. The van der Waals surface area contributed by atoms with Gasteiger partial charge in [-0.25, -0.2) is 8.42 Å². The summed E-state index contributed by atoms with van der Waals surface area (Å²) in [4.78, 5) is 2.15. The monoisotopic (exact) mass is 302 g/mol. The normalized spacial score (nSPS) is 23.6. The molecule has 0 aromatic rings. The SMILES string of the molecule is CCCC(C(=N)N)N1CCN(S(=O)(=O)CC2CC2)CC1. The molecule has 1 unspecified atom stereocenters. The van der Waals surface area contributed by atoms with Crippen LogP contribution in [0.1, 0.15) is 32.6 Å². The molecule has 1 heterocycles. The van der Waals surface area contributed by atoms with Gasteiger partial charge in [-0.15, -0.1) is 0 Å². The molecule has 116 valence electrons. The molecule has 0 radical (unpaired) electrons. The molecule has 1 saturated heterocycles. The molecule has 1 atom stereocenters. The van der Waals surface area contributed by atoms with Crippen molar-refractivity contribution in [2.75, 3.05) is 31.9 Å². The fourth-order valence-corrected chi connectivity index (χ4v) is 4.65. The first kappa shape index (κ1) is 15.7. The third-order valence-corrected chi connectivity index (χ3v) is 6.22. The van der Waals surface area contributed by atoms with Crippen molar-refractivity contribution in [3.05, 3.63) is 0 Å². The fourth-order valence-electron chi connectivity index (χ4n) is 2.79. The first-order chi connectivity index (χ1) is 9.44. The summed E-state index contributed by atoms with van der Waals surface area (Å²) < 4.78 is 26.0. The number of hydrogen-bond donors (Lipinski definition) is 2. The van der Waals surface area contributed by atoms with Gasteiger partial charge in [0, 0.05) is 26.2 Å². The maximum absolute atomic E-state index is 12.2. The molecule has 20 heavy (non-hydrogen) atoms. The summed E-state index contributed by atoms with van der Waals surface area (Å²) in [6.45, 7) is 4.49. The second-order valence-electron chi connectivity index (χ2n) is 5.92. The lowest BCUT2D eigenvalue weighted by Crippen LogP contribution is -2.55. The highest BCUT2D eigenvalue weighted by Crippen LogP contribution is 2.31. The van der Waals surface area contributed by atoms with Crippen LogP contribution in [0.4, 0.5) is 0 Å². The van der Waals surface area contributed by atoms with Crippen LogP contribution in [0.2, 0.25) is 0 Å². The summed E-state index contributed by atoms with van der Waals surface area (Å²) in [6, 6.07) is -0.0340. The Kier molecular flexibility index (Phi) is 5.04. The summed E-state index contributed by atoms with van der Waals surface area (Å²) in [6.07, 6.45) is 3.96. The molecule has 2 rings (SSSR count). The van der Waals surface area contributed by atoms with E-state index in [1.807, 2.05) is 0 Å². The van der Waals surface area contributed by atoms with Gasteiger partial charge in [0.05, 0.1) is 11.8 Å². The smallest absolute Gasteiger partial charge is 0.214 e. The molecule has 3 N–H and O–H groups in total. The zero-order valence-corrected chi connectivity index (χ0v) is 13.0. The van der Waals surface area contributed by atoms with Crippen molar-refractivity contribution in [1.82, 2.24) is 9.21 Å². The molecule has 0 aromatic heterocycles. The van der Waals surface area contributed by atoms with Gasteiger partial charge < -0.3 is 5.73 Å². The number of sulfonamides is 1. The van der Waals surface area contributed by atoms with Crippen molar-refractivity contribution < 1.29 is 8.42 Å². The van der Waals surface area contributed by atoms with Gasteiger partial charge in [-0.1, -0.05) is 13.3 Å². The van der Waals surface area contributed by atoms with Crippen LogP contribution >= 0.6 is 0 Å². The lowest BCUT2D eigenvalue weighted by molar-refractivity contribution is 0.160. The van der Waals surface area contributed by atoms with Crippen molar-refractivity contribution in [1.29, 1.82) is 5.41 Å². The van der Waals surface area contributed by atoms with Gasteiger partial charge in [-0.3, -0.25) is 10.3 Å². The van der Waals surface area contributed by atoms with Crippen LogP contribution in [0.25, 0.3) is 0 Å². The Balaban J connectivity index is 1.89. The molecule has 1 saturated carbocycles. The highest BCUT2D eigenvalue weighted by molar-refractivity contribution is 7.89. The zero-order valence-electron chi connectivity index (χ0n) is 12.2. The van der Waals surface area contributed by atoms with Crippen LogP contribution in [0, 0.1) is 11.3 Å². The minimum atomic E-state index is -3.08. The van der Waals surface area contributed by atoms with Gasteiger partial charge >= 0.3 is 0 Å². The van der Waals surface area contributed by atoms with Gasteiger partial charge in [0.25, 0.3) is 0 Å². The summed E-state index contributed by atoms with van der Waals surface area (Å²) in [5.41, 5.74) is 5.66. The number of nitrogens with zero attached hydrogens (tertiary/aromatic N) is 2. The Morgan fingerprint density at radius 1 is 1.30 bits per heavy atom. The first-order valence-electron chi connectivity index (χ1n) is 7.50. The molecular formula is C13H26N4O2S. The second-order valence-corrected chi connectivity index (χ2v) is 7.93. The highest BCUT2D eigenvalue weighted by atomic mass is 32.2. The molecule has 2 fully saturated rings. The number of nitrogens with one attached hydrogen (secondary N) is 1. The number of amidine groups is 1. The molecule has 0 amide bonds. The van der Waals surface area contributed by atoms with Gasteiger partial charge in [0.15, 0.2) is 0 Å². The van der Waals surface area contributed by atoms with Gasteiger partial charge in [-0.05, 0) is 25.2 Å². The van der Waals surface area contributed by atoms with Crippen molar-refractivity contribution in [2.24, 2.45) is 11.7 Å². The van der Waals surface area contributed by atoms with Crippen LogP contribution in [-0.4, -0.2) is 61.4 Å². The van der Waals surface area contributed by atoms with E-state index in [-0.39, 0.29) is 11.9 Å².